The third-order valence-electron chi connectivity index (χ3n) is 4.88. The highest BCUT2D eigenvalue weighted by Gasteiger charge is 2.41. The van der Waals surface area contributed by atoms with Gasteiger partial charge in [0.1, 0.15) is 5.82 Å². The van der Waals surface area contributed by atoms with Gasteiger partial charge in [-0.15, -0.1) is 4.58 Å². The van der Waals surface area contributed by atoms with Crippen LogP contribution >= 0.6 is 0 Å². The molecule has 138 valence electrons. The van der Waals surface area contributed by atoms with E-state index in [2.05, 4.69) is 0 Å². The van der Waals surface area contributed by atoms with Gasteiger partial charge in [0.25, 0.3) is 5.91 Å². The Hall–Kier alpha value is -3.02. The number of halogens is 1. The van der Waals surface area contributed by atoms with Gasteiger partial charge in [0.15, 0.2) is 0 Å². The van der Waals surface area contributed by atoms with Crippen molar-refractivity contribution in [2.45, 2.75) is 18.9 Å². The van der Waals surface area contributed by atoms with Crippen LogP contribution in [-0.2, 0) is 14.3 Å². The van der Waals surface area contributed by atoms with Crippen molar-refractivity contribution in [3.63, 3.8) is 0 Å². The van der Waals surface area contributed by atoms with Crippen LogP contribution in [0.3, 0.4) is 0 Å². The number of allylic oxidation sites excluding steroid dienone is 2. The SMILES string of the molecule is O=C(C[N+]1=C2C=CC=CC2O/C(=C/c2cccc(F)c2)C1=O)N1CCCC1. The maximum atomic E-state index is 13.5. The van der Waals surface area contributed by atoms with Crippen molar-refractivity contribution in [1.82, 2.24) is 4.90 Å². The second kappa shape index (κ2) is 7.31. The number of hydrogen-bond donors (Lipinski definition) is 0. The summed E-state index contributed by atoms with van der Waals surface area (Å²) in [4.78, 5) is 27.4. The number of likely N-dealkylation sites (tertiary alicyclic amines) is 1. The fourth-order valence-corrected chi connectivity index (χ4v) is 3.50. The van der Waals surface area contributed by atoms with Crippen LogP contribution in [-0.4, -0.2) is 52.7 Å². The first kappa shape index (κ1) is 17.4. The van der Waals surface area contributed by atoms with Crippen LogP contribution in [0.1, 0.15) is 18.4 Å². The van der Waals surface area contributed by atoms with Gasteiger partial charge in [0.05, 0.1) is 0 Å². The Morgan fingerprint density at radius 1 is 1.30 bits per heavy atom. The molecule has 2 heterocycles. The highest BCUT2D eigenvalue weighted by Crippen LogP contribution is 2.21. The summed E-state index contributed by atoms with van der Waals surface area (Å²) in [5, 5.41) is 0. The Morgan fingerprint density at radius 2 is 2.11 bits per heavy atom. The summed E-state index contributed by atoms with van der Waals surface area (Å²) in [5.74, 6) is -0.745. The van der Waals surface area contributed by atoms with Crippen LogP contribution in [0.4, 0.5) is 4.39 Å². The standard InChI is InChI=1S/C21H20FN2O3/c22-16-7-5-6-15(12-16)13-19-21(26)24(14-20(25)23-10-3-4-11-23)17-8-1-2-9-18(17)27-19/h1-2,5-9,12-13,18H,3-4,10-11,14H2/q+1/b19-13+. The third kappa shape index (κ3) is 3.60. The third-order valence-corrected chi connectivity index (χ3v) is 4.88. The molecule has 2 amide bonds. The number of benzene rings is 1. The van der Waals surface area contributed by atoms with E-state index < -0.39 is 12.0 Å². The summed E-state index contributed by atoms with van der Waals surface area (Å²) in [5.41, 5.74) is 1.18. The number of carbonyl (C=O) groups excluding carboxylic acids is 2. The molecule has 0 spiro atoms. The molecule has 0 bridgehead atoms. The highest BCUT2D eigenvalue weighted by molar-refractivity contribution is 6.06. The lowest BCUT2D eigenvalue weighted by Gasteiger charge is -2.23. The van der Waals surface area contributed by atoms with Gasteiger partial charge in [0.2, 0.25) is 24.1 Å². The molecule has 0 aromatic heterocycles. The molecule has 1 unspecified atom stereocenters. The monoisotopic (exact) mass is 367 g/mol. The molecular formula is C21H20FN2O3+. The highest BCUT2D eigenvalue weighted by atomic mass is 19.1. The van der Waals surface area contributed by atoms with Crippen molar-refractivity contribution in [2.75, 3.05) is 19.6 Å². The zero-order chi connectivity index (χ0) is 18.8. The summed E-state index contributed by atoms with van der Waals surface area (Å²) >= 11 is 0. The van der Waals surface area contributed by atoms with E-state index >= 15 is 0 Å². The number of hydrogen-bond acceptors (Lipinski definition) is 3. The molecule has 27 heavy (non-hydrogen) atoms. The predicted octanol–water partition coefficient (Wildman–Crippen LogP) is 2.29. The fraction of sp³-hybridized carbons (Fsp3) is 0.286. The second-order valence-corrected chi connectivity index (χ2v) is 6.75. The van der Waals surface area contributed by atoms with Gasteiger partial charge in [-0.05, 0) is 42.7 Å². The number of amides is 2. The summed E-state index contributed by atoms with van der Waals surface area (Å²) in [7, 11) is 0. The summed E-state index contributed by atoms with van der Waals surface area (Å²) in [6, 6.07) is 5.94. The molecule has 1 saturated heterocycles. The fourth-order valence-electron chi connectivity index (χ4n) is 3.50. The normalized spacial score (nSPS) is 23.0. The maximum Gasteiger partial charge on any atom is 0.455 e. The average Bonchev–Trinajstić information content (AvgIpc) is 3.20. The van der Waals surface area contributed by atoms with Crippen molar-refractivity contribution >= 4 is 23.6 Å². The van der Waals surface area contributed by atoms with Crippen molar-refractivity contribution in [3.8, 4) is 0 Å². The number of carbonyl (C=O) groups is 2. The Bertz CT molecular complexity index is 908. The van der Waals surface area contributed by atoms with Crippen LogP contribution < -0.4 is 0 Å². The van der Waals surface area contributed by atoms with Gasteiger partial charge in [0, 0.05) is 19.2 Å². The van der Waals surface area contributed by atoms with E-state index in [0.29, 0.717) is 11.3 Å². The molecule has 5 nitrogen and oxygen atoms in total. The smallest absolute Gasteiger partial charge is 0.455 e. The lowest BCUT2D eigenvalue weighted by atomic mass is 10.1. The van der Waals surface area contributed by atoms with Gasteiger partial charge in [-0.25, -0.2) is 9.18 Å². The lowest BCUT2D eigenvalue weighted by Crippen LogP contribution is -2.46. The summed E-state index contributed by atoms with van der Waals surface area (Å²) < 4.78 is 20.8. The molecule has 2 aliphatic heterocycles. The minimum absolute atomic E-state index is 0.0211. The van der Waals surface area contributed by atoms with Crippen LogP contribution in [0.25, 0.3) is 6.08 Å². The quantitative estimate of drug-likeness (QED) is 0.608. The van der Waals surface area contributed by atoms with E-state index in [4.69, 9.17) is 4.74 Å². The molecule has 4 rings (SSSR count). The van der Waals surface area contributed by atoms with Crippen molar-refractivity contribution in [2.24, 2.45) is 0 Å². The summed E-state index contributed by atoms with van der Waals surface area (Å²) in [6.07, 6.45) is 10.3. The zero-order valence-corrected chi connectivity index (χ0v) is 14.8. The van der Waals surface area contributed by atoms with Gasteiger partial charge in [-0.1, -0.05) is 24.3 Å². The summed E-state index contributed by atoms with van der Waals surface area (Å²) in [6.45, 7) is 1.45. The van der Waals surface area contributed by atoms with E-state index in [1.54, 1.807) is 23.1 Å². The molecule has 1 fully saturated rings. The van der Waals surface area contributed by atoms with Gasteiger partial charge in [-0.3, -0.25) is 4.79 Å². The Morgan fingerprint density at radius 3 is 2.89 bits per heavy atom. The van der Waals surface area contributed by atoms with E-state index in [9.17, 15) is 14.0 Å². The van der Waals surface area contributed by atoms with Crippen LogP contribution in [0.15, 0.2) is 54.3 Å². The molecule has 1 aromatic rings. The molecule has 3 aliphatic rings. The molecule has 0 saturated carbocycles. The zero-order valence-electron chi connectivity index (χ0n) is 14.8. The van der Waals surface area contributed by atoms with Crippen molar-refractivity contribution in [3.05, 3.63) is 65.7 Å². The number of fused-ring (bicyclic) bond motifs is 1. The molecule has 0 radical (unpaired) electrons. The van der Waals surface area contributed by atoms with Crippen LogP contribution in [0, 0.1) is 5.82 Å². The predicted molar refractivity (Wildman–Crippen MR) is 98.5 cm³/mol. The van der Waals surface area contributed by atoms with Crippen molar-refractivity contribution in [1.29, 1.82) is 0 Å². The van der Waals surface area contributed by atoms with Crippen molar-refractivity contribution < 1.29 is 23.3 Å². The minimum Gasteiger partial charge on any atom is -0.465 e. The number of nitrogens with zero attached hydrogens (tertiary/aromatic N) is 2. The molecule has 1 aliphatic carbocycles. The topological polar surface area (TPSA) is 49.6 Å². The van der Waals surface area contributed by atoms with Crippen LogP contribution in [0.2, 0.25) is 0 Å². The Kier molecular flexibility index (Phi) is 4.71. The van der Waals surface area contributed by atoms with E-state index in [1.165, 1.54) is 22.8 Å². The Balaban J connectivity index is 1.67. The molecule has 6 heteroatoms. The Labute approximate surface area is 156 Å². The average molecular weight is 367 g/mol. The first-order chi connectivity index (χ1) is 13.1. The van der Waals surface area contributed by atoms with Gasteiger partial charge < -0.3 is 9.64 Å². The minimum atomic E-state index is -0.445. The van der Waals surface area contributed by atoms with Crippen LogP contribution in [0.5, 0.6) is 0 Å². The first-order valence-corrected chi connectivity index (χ1v) is 9.07. The lowest BCUT2D eigenvalue weighted by molar-refractivity contribution is -0.444. The largest absolute Gasteiger partial charge is 0.465 e. The molecular weight excluding hydrogens is 347 g/mol. The van der Waals surface area contributed by atoms with E-state index in [0.717, 1.165) is 25.9 Å². The molecule has 0 N–H and O–H groups in total. The maximum absolute atomic E-state index is 13.5. The van der Waals surface area contributed by atoms with E-state index in [-0.39, 0.29) is 24.0 Å². The number of rotatable bonds is 3. The molecule has 1 atom stereocenters. The number of ether oxygens (including phenoxy) is 1. The molecule has 1 aromatic carbocycles. The van der Waals surface area contributed by atoms with Gasteiger partial charge in [-0.2, -0.15) is 0 Å². The first-order valence-electron chi connectivity index (χ1n) is 9.07. The van der Waals surface area contributed by atoms with E-state index in [1.807, 2.05) is 18.2 Å². The second-order valence-electron chi connectivity index (χ2n) is 6.75. The van der Waals surface area contributed by atoms with Gasteiger partial charge >= 0.3 is 5.91 Å².